The summed E-state index contributed by atoms with van der Waals surface area (Å²) in [5.74, 6) is 0.383. The Balaban J connectivity index is 2.00. The topological polar surface area (TPSA) is 54.5 Å². The molecular formula is C13H14ClN3O2S. The zero-order valence-electron chi connectivity index (χ0n) is 11.1. The molecule has 0 radical (unpaired) electrons. The summed E-state index contributed by atoms with van der Waals surface area (Å²) in [6.07, 6.45) is 1.60. The number of hydrogen-bond acceptors (Lipinski definition) is 4. The molecule has 0 aromatic carbocycles. The van der Waals surface area contributed by atoms with E-state index in [2.05, 4.69) is 10.3 Å². The van der Waals surface area contributed by atoms with Crippen LogP contribution in [-0.4, -0.2) is 30.1 Å². The van der Waals surface area contributed by atoms with Crippen LogP contribution in [0, 0.1) is 0 Å². The first-order chi connectivity index (χ1) is 9.60. The minimum absolute atomic E-state index is 0.235. The number of carbonyl (C=O) groups is 1. The van der Waals surface area contributed by atoms with Crippen LogP contribution in [0.4, 0.5) is 10.5 Å². The van der Waals surface area contributed by atoms with Crippen molar-refractivity contribution in [2.75, 3.05) is 19.5 Å². The van der Waals surface area contributed by atoms with E-state index in [1.54, 1.807) is 30.3 Å². The number of pyridine rings is 1. The van der Waals surface area contributed by atoms with Crippen molar-refractivity contribution in [3.05, 3.63) is 39.7 Å². The molecule has 2 heterocycles. The second-order valence-corrected chi connectivity index (χ2v) is 5.85. The van der Waals surface area contributed by atoms with E-state index in [0.29, 0.717) is 22.4 Å². The first-order valence-electron chi connectivity index (χ1n) is 5.85. The van der Waals surface area contributed by atoms with Crippen molar-refractivity contribution in [2.45, 2.75) is 6.54 Å². The third-order valence-corrected chi connectivity index (χ3v) is 3.79. The Hall–Kier alpha value is -1.79. The Bertz CT molecular complexity index is 603. The fraction of sp³-hybridized carbons (Fsp3) is 0.231. The van der Waals surface area contributed by atoms with E-state index in [4.69, 9.17) is 16.3 Å². The van der Waals surface area contributed by atoms with Gasteiger partial charge in [-0.3, -0.25) is 0 Å². The average Bonchev–Trinajstić information content (AvgIpc) is 2.84. The number of ether oxygens (including phenoxy) is 1. The summed E-state index contributed by atoms with van der Waals surface area (Å²) in [6.45, 7) is 0.492. The molecule has 0 unspecified atom stereocenters. The SMILES string of the molecule is COc1ncccc1NC(=O)N(C)Cc1ccc(Cl)s1. The van der Waals surface area contributed by atoms with Crippen LogP contribution in [0.15, 0.2) is 30.5 Å². The van der Waals surface area contributed by atoms with Crippen molar-refractivity contribution >= 4 is 34.7 Å². The monoisotopic (exact) mass is 311 g/mol. The number of amides is 2. The zero-order chi connectivity index (χ0) is 14.5. The number of thiophene rings is 1. The van der Waals surface area contributed by atoms with Crippen LogP contribution in [-0.2, 0) is 6.54 Å². The van der Waals surface area contributed by atoms with E-state index in [1.807, 2.05) is 12.1 Å². The number of methoxy groups -OCH3 is 1. The van der Waals surface area contributed by atoms with Gasteiger partial charge >= 0.3 is 6.03 Å². The van der Waals surface area contributed by atoms with Gasteiger partial charge in [-0.25, -0.2) is 9.78 Å². The molecule has 0 aliphatic rings. The van der Waals surface area contributed by atoms with Gasteiger partial charge in [-0.1, -0.05) is 11.6 Å². The molecule has 0 bridgehead atoms. The van der Waals surface area contributed by atoms with E-state index in [1.165, 1.54) is 18.4 Å². The van der Waals surface area contributed by atoms with E-state index in [-0.39, 0.29) is 6.03 Å². The molecule has 5 nitrogen and oxygen atoms in total. The van der Waals surface area contributed by atoms with Crippen molar-refractivity contribution in [1.29, 1.82) is 0 Å². The van der Waals surface area contributed by atoms with Gasteiger partial charge < -0.3 is 15.0 Å². The molecule has 0 saturated carbocycles. The highest BCUT2D eigenvalue weighted by Crippen LogP contribution is 2.23. The second kappa shape index (κ2) is 6.58. The van der Waals surface area contributed by atoms with Gasteiger partial charge in [0, 0.05) is 18.1 Å². The number of nitrogens with one attached hydrogen (secondary N) is 1. The fourth-order valence-corrected chi connectivity index (χ4v) is 2.74. The quantitative estimate of drug-likeness (QED) is 0.940. The summed E-state index contributed by atoms with van der Waals surface area (Å²) < 4.78 is 5.80. The third-order valence-electron chi connectivity index (χ3n) is 2.57. The van der Waals surface area contributed by atoms with Crippen LogP contribution in [0.2, 0.25) is 4.34 Å². The summed E-state index contributed by atoms with van der Waals surface area (Å²) >= 11 is 7.32. The summed E-state index contributed by atoms with van der Waals surface area (Å²) in [4.78, 5) is 18.7. The number of rotatable bonds is 4. The van der Waals surface area contributed by atoms with Gasteiger partial charge in [-0.05, 0) is 24.3 Å². The normalized spacial score (nSPS) is 10.2. The first-order valence-corrected chi connectivity index (χ1v) is 7.05. The standard InChI is InChI=1S/C13H14ClN3O2S/c1-17(8-9-5-6-11(14)20-9)13(18)16-10-4-3-7-15-12(10)19-2/h3-7H,8H2,1-2H3,(H,16,18). The lowest BCUT2D eigenvalue weighted by Gasteiger charge is -2.17. The van der Waals surface area contributed by atoms with Crippen LogP contribution in [0.1, 0.15) is 4.88 Å². The molecule has 2 aromatic rings. The van der Waals surface area contributed by atoms with Crippen molar-refractivity contribution < 1.29 is 9.53 Å². The molecule has 2 amide bonds. The molecule has 2 rings (SSSR count). The molecule has 2 aromatic heterocycles. The number of nitrogens with zero attached hydrogens (tertiary/aromatic N) is 2. The third kappa shape index (κ3) is 3.61. The molecule has 20 heavy (non-hydrogen) atoms. The van der Waals surface area contributed by atoms with E-state index >= 15 is 0 Å². The van der Waals surface area contributed by atoms with Crippen LogP contribution in [0.3, 0.4) is 0 Å². The van der Waals surface area contributed by atoms with Gasteiger partial charge in [0.25, 0.3) is 0 Å². The minimum atomic E-state index is -0.235. The predicted octanol–water partition coefficient (Wildman–Crippen LogP) is 3.47. The lowest BCUT2D eigenvalue weighted by atomic mass is 10.4. The maximum absolute atomic E-state index is 12.1. The highest BCUT2D eigenvalue weighted by atomic mass is 35.5. The summed E-state index contributed by atoms with van der Waals surface area (Å²) in [7, 11) is 3.22. The second-order valence-electron chi connectivity index (χ2n) is 4.05. The van der Waals surface area contributed by atoms with Crippen LogP contribution >= 0.6 is 22.9 Å². The van der Waals surface area contributed by atoms with Gasteiger partial charge in [-0.2, -0.15) is 0 Å². The zero-order valence-corrected chi connectivity index (χ0v) is 12.7. The summed E-state index contributed by atoms with van der Waals surface area (Å²) in [5, 5.41) is 2.76. The van der Waals surface area contributed by atoms with Crippen LogP contribution < -0.4 is 10.1 Å². The number of carbonyl (C=O) groups excluding carboxylic acids is 1. The Kier molecular flexibility index (Phi) is 4.81. The fourth-order valence-electron chi connectivity index (χ4n) is 1.60. The smallest absolute Gasteiger partial charge is 0.322 e. The largest absolute Gasteiger partial charge is 0.480 e. The van der Waals surface area contributed by atoms with Gasteiger partial charge in [0.05, 0.1) is 18.0 Å². The molecular weight excluding hydrogens is 298 g/mol. The van der Waals surface area contributed by atoms with Crippen LogP contribution in [0.5, 0.6) is 5.88 Å². The van der Waals surface area contributed by atoms with Gasteiger partial charge in [0.2, 0.25) is 5.88 Å². The highest BCUT2D eigenvalue weighted by Gasteiger charge is 2.13. The maximum atomic E-state index is 12.1. The number of aromatic nitrogens is 1. The number of urea groups is 1. The molecule has 1 N–H and O–H groups in total. The van der Waals surface area contributed by atoms with E-state index in [0.717, 1.165) is 4.88 Å². The number of hydrogen-bond donors (Lipinski definition) is 1. The molecule has 0 fully saturated rings. The van der Waals surface area contributed by atoms with Gasteiger partial charge in [0.1, 0.15) is 5.69 Å². The Morgan fingerprint density at radius 3 is 2.95 bits per heavy atom. The lowest BCUT2D eigenvalue weighted by Crippen LogP contribution is -2.30. The molecule has 0 saturated heterocycles. The molecule has 0 atom stereocenters. The first kappa shape index (κ1) is 14.6. The molecule has 7 heteroatoms. The van der Waals surface area contributed by atoms with Crippen molar-refractivity contribution in [3.63, 3.8) is 0 Å². The Labute approximate surface area is 126 Å². The lowest BCUT2D eigenvalue weighted by molar-refractivity contribution is 0.221. The van der Waals surface area contributed by atoms with Crippen LogP contribution in [0.25, 0.3) is 0 Å². The van der Waals surface area contributed by atoms with E-state index in [9.17, 15) is 4.79 Å². The van der Waals surface area contributed by atoms with E-state index < -0.39 is 0 Å². The summed E-state index contributed by atoms with van der Waals surface area (Å²) in [6, 6.07) is 6.95. The molecule has 106 valence electrons. The minimum Gasteiger partial charge on any atom is -0.480 e. The molecule has 0 aliphatic heterocycles. The van der Waals surface area contributed by atoms with Gasteiger partial charge in [0.15, 0.2) is 0 Å². The van der Waals surface area contributed by atoms with Crippen molar-refractivity contribution in [3.8, 4) is 5.88 Å². The van der Waals surface area contributed by atoms with Crippen molar-refractivity contribution in [2.24, 2.45) is 0 Å². The molecule has 0 aliphatic carbocycles. The maximum Gasteiger partial charge on any atom is 0.322 e. The van der Waals surface area contributed by atoms with Gasteiger partial charge in [-0.15, -0.1) is 11.3 Å². The molecule has 0 spiro atoms. The average molecular weight is 312 g/mol. The highest BCUT2D eigenvalue weighted by molar-refractivity contribution is 7.16. The Morgan fingerprint density at radius 2 is 2.30 bits per heavy atom. The summed E-state index contributed by atoms with van der Waals surface area (Å²) in [5.41, 5.74) is 0.538. The number of halogens is 1. The predicted molar refractivity (Wildman–Crippen MR) is 80.6 cm³/mol. The Morgan fingerprint density at radius 1 is 1.50 bits per heavy atom. The van der Waals surface area contributed by atoms with Crippen molar-refractivity contribution in [1.82, 2.24) is 9.88 Å². The number of anilines is 1.